The van der Waals surface area contributed by atoms with Gasteiger partial charge < -0.3 is 8.37 Å². The first-order valence-electron chi connectivity index (χ1n) is 1.93. The minimum absolute atomic E-state index is 0.0787. The van der Waals surface area contributed by atoms with Gasteiger partial charge in [-0.25, -0.2) is 0 Å². The lowest BCUT2D eigenvalue weighted by atomic mass is 10.6. The average molecular weight is 162 g/mol. The third kappa shape index (κ3) is 1.34. The minimum atomic E-state index is -3.01. The largest absolute Gasteiger partial charge is 0.377 e. The number of hydrogen-bond acceptors (Lipinski definition) is 4. The van der Waals surface area contributed by atoms with E-state index in [-0.39, 0.29) is 5.76 Å². The van der Waals surface area contributed by atoms with Crippen molar-refractivity contribution in [2.24, 2.45) is 0 Å². The van der Waals surface area contributed by atoms with E-state index in [4.69, 9.17) is 6.42 Å². The molecule has 0 saturated heterocycles. The van der Waals surface area contributed by atoms with E-state index in [1.54, 1.807) is 0 Å². The predicted molar refractivity (Wildman–Crippen MR) is 34.6 cm³/mol. The topological polar surface area (TPSA) is 35.5 Å². The van der Waals surface area contributed by atoms with Gasteiger partial charge in [0.15, 0.2) is 6.26 Å². The van der Waals surface area contributed by atoms with Gasteiger partial charge in [0, 0.05) is 0 Å². The van der Waals surface area contributed by atoms with Crippen LogP contribution >= 0.6 is 0 Å². The summed E-state index contributed by atoms with van der Waals surface area (Å²) in [4.78, 5) is 0. The third-order valence-electron chi connectivity index (χ3n) is 0.607. The highest BCUT2D eigenvalue weighted by molar-refractivity contribution is 8.27. The highest BCUT2D eigenvalue weighted by Gasteiger charge is 2.16. The molecular weight excluding hydrogens is 160 g/mol. The van der Waals surface area contributed by atoms with E-state index < -0.39 is 9.05 Å². The molecule has 0 fully saturated rings. The van der Waals surface area contributed by atoms with Gasteiger partial charge in [0.05, 0.1) is 11.2 Å². The van der Waals surface area contributed by atoms with Crippen LogP contribution in [0.15, 0.2) is 12.0 Å². The van der Waals surface area contributed by atoms with E-state index in [2.05, 4.69) is 25.5 Å². The Morgan fingerprint density at radius 1 is 1.89 bits per heavy atom. The van der Waals surface area contributed by atoms with Crippen LogP contribution in [0, 0.1) is 12.3 Å². The third-order valence-corrected chi connectivity index (χ3v) is 1.76. The van der Waals surface area contributed by atoms with Crippen LogP contribution in [0.5, 0.6) is 0 Å². The van der Waals surface area contributed by atoms with Crippen LogP contribution in [0.3, 0.4) is 0 Å². The summed E-state index contributed by atoms with van der Waals surface area (Å²) in [5.74, 6) is 2.17. The minimum Gasteiger partial charge on any atom is -0.377 e. The van der Waals surface area contributed by atoms with Crippen LogP contribution in [0.1, 0.15) is 0 Å². The highest BCUT2D eigenvalue weighted by atomic mass is 32.9. The molecule has 1 heterocycles. The van der Waals surface area contributed by atoms with E-state index in [1.807, 2.05) is 0 Å². The van der Waals surface area contributed by atoms with Gasteiger partial charge in [0.2, 0.25) is 5.76 Å². The van der Waals surface area contributed by atoms with Crippen molar-refractivity contribution in [2.45, 2.75) is 0 Å². The summed E-state index contributed by atoms with van der Waals surface area (Å²) >= 11 is 4.29. The molecule has 0 aromatic heterocycles. The molecule has 0 N–H and O–H groups in total. The van der Waals surface area contributed by atoms with Crippen molar-refractivity contribution in [3.63, 3.8) is 0 Å². The Morgan fingerprint density at radius 2 is 2.56 bits per heavy atom. The van der Waals surface area contributed by atoms with Gasteiger partial charge in [0.25, 0.3) is 0 Å². The fourth-order valence-electron chi connectivity index (χ4n) is 0.310. The van der Waals surface area contributed by atoms with Crippen LogP contribution < -0.4 is 0 Å². The van der Waals surface area contributed by atoms with Gasteiger partial charge in [0.1, 0.15) is 0 Å². The molecule has 0 bridgehead atoms. The lowest BCUT2D eigenvalue weighted by Gasteiger charge is -1.92. The second kappa shape index (κ2) is 1.90. The van der Waals surface area contributed by atoms with Gasteiger partial charge in [-0.2, -0.15) is 4.21 Å². The van der Waals surface area contributed by atoms with Crippen molar-refractivity contribution in [1.82, 2.24) is 0 Å². The summed E-state index contributed by atoms with van der Waals surface area (Å²) in [7, 11) is -3.01. The number of allylic oxidation sites excluding steroid dienone is 1. The van der Waals surface area contributed by atoms with E-state index in [0.29, 0.717) is 0 Å². The Bertz CT molecular complexity index is 279. The molecule has 1 aliphatic rings. The SMILES string of the molecule is C#CC1=COS(=O)(=S)O1. The van der Waals surface area contributed by atoms with Crippen molar-refractivity contribution in [3.05, 3.63) is 12.0 Å². The normalized spacial score (nSPS) is 31.7. The zero-order chi connectivity index (χ0) is 6.91. The van der Waals surface area contributed by atoms with E-state index in [1.165, 1.54) is 0 Å². The molecule has 0 aromatic rings. The number of rotatable bonds is 0. The van der Waals surface area contributed by atoms with Gasteiger partial charge in [-0.05, 0) is 5.92 Å². The molecule has 0 spiro atoms. The molecular formula is C4H2O3S2. The average Bonchev–Trinajstić information content (AvgIpc) is 2.10. The summed E-state index contributed by atoms with van der Waals surface area (Å²) in [6.45, 7) is 0. The Kier molecular flexibility index (Phi) is 1.35. The zero-order valence-corrected chi connectivity index (χ0v) is 5.83. The van der Waals surface area contributed by atoms with Gasteiger partial charge in [-0.15, -0.1) is 6.42 Å². The standard InChI is InChI=1S/C4H2O3S2/c1-2-4-3-6-9(5,8)7-4/h1,3H. The Hall–Kier alpha value is -0.730. The second-order valence-electron chi connectivity index (χ2n) is 1.21. The van der Waals surface area contributed by atoms with Crippen molar-refractivity contribution in [3.8, 4) is 12.3 Å². The Balaban J connectivity index is 2.87. The monoisotopic (exact) mass is 162 g/mol. The summed E-state index contributed by atoms with van der Waals surface area (Å²) in [5.41, 5.74) is 0. The van der Waals surface area contributed by atoms with Crippen LogP contribution in [-0.4, -0.2) is 4.21 Å². The van der Waals surface area contributed by atoms with Crippen molar-refractivity contribution >= 4 is 20.2 Å². The highest BCUT2D eigenvalue weighted by Crippen LogP contribution is 2.13. The quantitative estimate of drug-likeness (QED) is 0.473. The van der Waals surface area contributed by atoms with Crippen molar-refractivity contribution in [2.75, 3.05) is 0 Å². The van der Waals surface area contributed by atoms with Crippen LogP contribution in [-0.2, 0) is 28.6 Å². The molecule has 1 rings (SSSR count). The molecule has 3 nitrogen and oxygen atoms in total. The molecule has 48 valence electrons. The molecule has 0 amide bonds. The van der Waals surface area contributed by atoms with Gasteiger partial charge >= 0.3 is 9.05 Å². The molecule has 0 radical (unpaired) electrons. The molecule has 1 atom stereocenters. The van der Waals surface area contributed by atoms with Crippen molar-refractivity contribution < 1.29 is 12.6 Å². The molecule has 0 saturated carbocycles. The number of terminal acetylenes is 1. The van der Waals surface area contributed by atoms with E-state index in [9.17, 15) is 4.21 Å². The molecule has 0 aromatic carbocycles. The van der Waals surface area contributed by atoms with E-state index >= 15 is 0 Å². The van der Waals surface area contributed by atoms with Crippen molar-refractivity contribution in [1.29, 1.82) is 0 Å². The van der Waals surface area contributed by atoms with Crippen LogP contribution in [0.4, 0.5) is 0 Å². The Morgan fingerprint density at radius 3 is 2.78 bits per heavy atom. The maximum atomic E-state index is 10.6. The lowest BCUT2D eigenvalue weighted by molar-refractivity contribution is 0.438. The summed E-state index contributed by atoms with van der Waals surface area (Å²) in [6.07, 6.45) is 5.92. The molecule has 1 aliphatic heterocycles. The zero-order valence-electron chi connectivity index (χ0n) is 4.20. The summed E-state index contributed by atoms with van der Waals surface area (Å²) < 4.78 is 19.4. The fraction of sp³-hybridized carbons (Fsp3) is 0. The first-order chi connectivity index (χ1) is 4.14. The molecule has 9 heavy (non-hydrogen) atoms. The van der Waals surface area contributed by atoms with Crippen LogP contribution in [0.2, 0.25) is 0 Å². The first kappa shape index (κ1) is 6.39. The van der Waals surface area contributed by atoms with E-state index in [0.717, 1.165) is 6.26 Å². The molecule has 1 unspecified atom stereocenters. The van der Waals surface area contributed by atoms with Gasteiger partial charge in [-0.3, -0.25) is 0 Å². The summed E-state index contributed by atoms with van der Waals surface area (Å²) in [5, 5.41) is 0. The Labute approximate surface area is 57.7 Å². The summed E-state index contributed by atoms with van der Waals surface area (Å²) in [6, 6.07) is 0. The smallest absolute Gasteiger partial charge is 0.361 e. The van der Waals surface area contributed by atoms with Crippen LogP contribution in [0.25, 0.3) is 0 Å². The predicted octanol–water partition coefficient (Wildman–Crippen LogP) is 0.0841. The van der Waals surface area contributed by atoms with Gasteiger partial charge in [-0.1, -0.05) is 0 Å². The lowest BCUT2D eigenvalue weighted by Crippen LogP contribution is -1.94. The number of hydrogen-bond donors (Lipinski definition) is 0. The first-order valence-corrected chi connectivity index (χ1v) is 4.27. The molecule has 0 aliphatic carbocycles. The second-order valence-corrected chi connectivity index (χ2v) is 3.61. The fourth-order valence-corrected chi connectivity index (χ4v) is 1.20. The molecule has 5 heteroatoms. The maximum absolute atomic E-state index is 10.6. The maximum Gasteiger partial charge on any atom is 0.361 e.